The zero-order valence-corrected chi connectivity index (χ0v) is 23.4. The second kappa shape index (κ2) is 9.54. The van der Waals surface area contributed by atoms with Crippen LogP contribution in [-0.4, -0.2) is 62.3 Å². The van der Waals surface area contributed by atoms with Crippen molar-refractivity contribution in [2.45, 2.75) is 73.4 Å². The Bertz CT molecular complexity index is 1100. The third-order valence-electron chi connectivity index (χ3n) is 9.19. The van der Waals surface area contributed by atoms with E-state index >= 15 is 0 Å². The molecular formula is C27H38BrN3O4S. The number of alkyl halides is 1. The molecule has 7 nitrogen and oxygen atoms in total. The monoisotopic (exact) mass is 579 g/mol. The SMILES string of the molecule is O=C(CC12C[C@@H]3C[C@@H](CC(Br)(C3)C1)C2)Nc1cc(S(=O)(=O)N2CCOCC2)ccc1N1CCCCC1. The lowest BCUT2D eigenvalue weighted by atomic mass is 9.48. The van der Waals surface area contributed by atoms with Gasteiger partial charge in [0.15, 0.2) is 0 Å². The lowest BCUT2D eigenvalue weighted by Crippen LogP contribution is -2.53. The van der Waals surface area contributed by atoms with Crippen LogP contribution >= 0.6 is 15.9 Å². The van der Waals surface area contributed by atoms with Gasteiger partial charge in [-0.2, -0.15) is 4.31 Å². The summed E-state index contributed by atoms with van der Waals surface area (Å²) in [4.78, 5) is 16.1. The van der Waals surface area contributed by atoms with E-state index in [1.54, 1.807) is 12.1 Å². The maximum absolute atomic E-state index is 13.6. The highest BCUT2D eigenvalue weighted by Gasteiger charge is 2.57. The van der Waals surface area contributed by atoms with Gasteiger partial charge in [0.1, 0.15) is 0 Å². The minimum Gasteiger partial charge on any atom is -0.379 e. The van der Waals surface area contributed by atoms with Crippen molar-refractivity contribution in [1.82, 2.24) is 4.31 Å². The van der Waals surface area contributed by atoms with Gasteiger partial charge < -0.3 is 15.0 Å². The average Bonchev–Trinajstić information content (AvgIpc) is 2.83. The molecule has 4 saturated carbocycles. The molecule has 4 atom stereocenters. The van der Waals surface area contributed by atoms with E-state index in [0.717, 1.165) is 62.7 Å². The van der Waals surface area contributed by atoms with Gasteiger partial charge in [0.2, 0.25) is 15.9 Å². The molecule has 9 heteroatoms. The second-order valence-electron chi connectivity index (χ2n) is 12.1. The molecule has 1 N–H and O–H groups in total. The summed E-state index contributed by atoms with van der Waals surface area (Å²) in [6.07, 6.45) is 11.1. The van der Waals surface area contributed by atoms with Crippen LogP contribution < -0.4 is 10.2 Å². The summed E-state index contributed by atoms with van der Waals surface area (Å²) in [5, 5.41) is 3.21. The van der Waals surface area contributed by atoms with Gasteiger partial charge in [0, 0.05) is 36.9 Å². The van der Waals surface area contributed by atoms with Crippen molar-refractivity contribution in [3.05, 3.63) is 18.2 Å². The van der Waals surface area contributed by atoms with Gasteiger partial charge in [-0.1, -0.05) is 15.9 Å². The Kier molecular flexibility index (Phi) is 6.66. The number of ether oxygens (including phenoxy) is 1. The minimum atomic E-state index is -3.64. The number of carbonyl (C=O) groups excluding carboxylic acids is 1. The zero-order chi connectivity index (χ0) is 25.0. The molecule has 0 aromatic heterocycles. The molecule has 1 aromatic carbocycles. The van der Waals surface area contributed by atoms with Gasteiger partial charge in [0.05, 0.1) is 29.5 Å². The van der Waals surface area contributed by atoms with Crippen LogP contribution in [0.25, 0.3) is 0 Å². The van der Waals surface area contributed by atoms with Gasteiger partial charge in [-0.05, 0) is 93.2 Å². The molecular weight excluding hydrogens is 542 g/mol. The first-order valence-corrected chi connectivity index (χ1v) is 15.9. The fourth-order valence-corrected chi connectivity index (χ4v) is 11.1. The van der Waals surface area contributed by atoms with Crippen LogP contribution in [0.4, 0.5) is 11.4 Å². The van der Waals surface area contributed by atoms with Crippen LogP contribution in [0.2, 0.25) is 0 Å². The van der Waals surface area contributed by atoms with Crippen LogP contribution in [0.5, 0.6) is 0 Å². The molecule has 2 saturated heterocycles. The molecule has 7 rings (SSSR count). The Balaban J connectivity index is 1.26. The second-order valence-corrected chi connectivity index (χ2v) is 15.7. The third kappa shape index (κ3) is 4.85. The Hall–Kier alpha value is -1.16. The van der Waals surface area contributed by atoms with E-state index in [0.29, 0.717) is 38.4 Å². The molecule has 6 fully saturated rings. The predicted octanol–water partition coefficient (Wildman–Crippen LogP) is 4.76. The maximum atomic E-state index is 13.6. The summed E-state index contributed by atoms with van der Waals surface area (Å²) in [6, 6.07) is 5.29. The summed E-state index contributed by atoms with van der Waals surface area (Å²) in [7, 11) is -3.64. The van der Waals surface area contributed by atoms with Gasteiger partial charge in [-0.3, -0.25) is 4.79 Å². The highest BCUT2D eigenvalue weighted by Crippen LogP contribution is 2.65. The number of benzene rings is 1. The number of hydrogen-bond donors (Lipinski definition) is 1. The Morgan fingerprint density at radius 2 is 1.72 bits per heavy atom. The molecule has 1 amide bonds. The highest BCUT2D eigenvalue weighted by molar-refractivity contribution is 9.10. The highest BCUT2D eigenvalue weighted by atomic mass is 79.9. The molecule has 1 aromatic rings. The number of anilines is 2. The number of hydrogen-bond acceptors (Lipinski definition) is 5. The maximum Gasteiger partial charge on any atom is 0.243 e. The molecule has 4 aliphatic carbocycles. The predicted molar refractivity (Wildman–Crippen MR) is 144 cm³/mol. The third-order valence-corrected chi connectivity index (χ3v) is 12.0. The summed E-state index contributed by atoms with van der Waals surface area (Å²) in [5.41, 5.74) is 1.64. The lowest BCUT2D eigenvalue weighted by molar-refractivity contribution is -0.123. The van der Waals surface area contributed by atoms with E-state index in [1.807, 2.05) is 6.07 Å². The molecule has 198 valence electrons. The molecule has 6 aliphatic rings. The fourth-order valence-electron chi connectivity index (χ4n) is 8.20. The van der Waals surface area contributed by atoms with Crippen molar-refractivity contribution in [1.29, 1.82) is 0 Å². The number of nitrogens with one attached hydrogen (secondary N) is 1. The molecule has 2 heterocycles. The van der Waals surface area contributed by atoms with Crippen LogP contribution in [0.3, 0.4) is 0 Å². The first-order chi connectivity index (χ1) is 17.2. The molecule has 2 unspecified atom stereocenters. The number of sulfonamides is 1. The van der Waals surface area contributed by atoms with Crippen molar-refractivity contribution in [3.8, 4) is 0 Å². The number of morpholine rings is 1. The average molecular weight is 581 g/mol. The van der Waals surface area contributed by atoms with Gasteiger partial charge in [0.25, 0.3) is 0 Å². The summed E-state index contributed by atoms with van der Waals surface area (Å²) in [5.74, 6) is 1.47. The van der Waals surface area contributed by atoms with E-state index < -0.39 is 10.0 Å². The van der Waals surface area contributed by atoms with Crippen LogP contribution in [0.1, 0.15) is 64.2 Å². The van der Waals surface area contributed by atoms with E-state index in [4.69, 9.17) is 4.74 Å². The molecule has 4 bridgehead atoms. The van der Waals surface area contributed by atoms with Crippen LogP contribution in [0, 0.1) is 17.3 Å². The quantitative estimate of drug-likeness (QED) is 0.491. The first-order valence-electron chi connectivity index (χ1n) is 13.7. The number of amides is 1. The molecule has 0 radical (unpaired) electrons. The standard InChI is InChI=1S/C27H38BrN3O4S/c28-27-16-20-12-21(17-27)15-26(14-20,19-27)18-25(32)29-23-13-22(36(33,34)31-8-10-35-11-9-31)4-5-24(23)30-6-2-1-3-7-30/h4-5,13,20-21H,1-3,6-12,14-19H2,(H,29,32)/t20-,21+,26?,27?. The first kappa shape index (κ1) is 25.1. The largest absolute Gasteiger partial charge is 0.379 e. The van der Waals surface area contributed by atoms with E-state index in [9.17, 15) is 13.2 Å². The number of rotatable bonds is 6. The van der Waals surface area contributed by atoms with Gasteiger partial charge in [-0.25, -0.2) is 8.42 Å². The molecule has 0 spiro atoms. The summed E-state index contributed by atoms with van der Waals surface area (Å²) >= 11 is 4.06. The van der Waals surface area contributed by atoms with E-state index in [2.05, 4.69) is 26.1 Å². The Labute approximate surface area is 223 Å². The number of halogens is 1. The van der Waals surface area contributed by atoms with E-state index in [-0.39, 0.29) is 20.5 Å². The Morgan fingerprint density at radius 3 is 2.39 bits per heavy atom. The zero-order valence-electron chi connectivity index (χ0n) is 21.0. The number of nitrogens with zero attached hydrogens (tertiary/aromatic N) is 2. The number of piperidine rings is 1. The lowest BCUT2D eigenvalue weighted by Gasteiger charge is -2.60. The van der Waals surface area contributed by atoms with Crippen molar-refractivity contribution >= 4 is 43.2 Å². The van der Waals surface area contributed by atoms with Crippen LogP contribution in [0.15, 0.2) is 23.1 Å². The summed E-state index contributed by atoms with van der Waals surface area (Å²) in [6.45, 7) is 3.39. The normalized spacial score (nSPS) is 34.6. The number of carbonyl (C=O) groups is 1. The van der Waals surface area contributed by atoms with Gasteiger partial charge >= 0.3 is 0 Å². The van der Waals surface area contributed by atoms with Crippen molar-refractivity contribution < 1.29 is 17.9 Å². The van der Waals surface area contributed by atoms with Crippen molar-refractivity contribution in [2.75, 3.05) is 49.6 Å². The molecule has 36 heavy (non-hydrogen) atoms. The minimum absolute atomic E-state index is 0.0206. The van der Waals surface area contributed by atoms with Crippen LogP contribution in [-0.2, 0) is 19.6 Å². The van der Waals surface area contributed by atoms with Crippen molar-refractivity contribution in [3.63, 3.8) is 0 Å². The smallest absolute Gasteiger partial charge is 0.243 e. The van der Waals surface area contributed by atoms with Crippen molar-refractivity contribution in [2.24, 2.45) is 17.3 Å². The topological polar surface area (TPSA) is 79.0 Å². The summed E-state index contributed by atoms with van der Waals surface area (Å²) < 4.78 is 33.8. The van der Waals surface area contributed by atoms with Gasteiger partial charge in [-0.15, -0.1) is 0 Å². The van der Waals surface area contributed by atoms with E-state index in [1.165, 1.54) is 30.0 Å². The fraction of sp³-hybridized carbons (Fsp3) is 0.741. The molecule has 2 aliphatic heterocycles. The Morgan fingerprint density at radius 1 is 1.03 bits per heavy atom.